The minimum Gasteiger partial charge on any atom is -0.550 e. The lowest BCUT2D eigenvalue weighted by Gasteiger charge is -2.22. The second-order valence-corrected chi connectivity index (χ2v) is 6.67. The molecule has 0 spiro atoms. The van der Waals surface area contributed by atoms with E-state index in [-0.39, 0.29) is 5.41 Å². The molecule has 1 aliphatic rings. The molecule has 1 fully saturated rings. The Morgan fingerprint density at radius 1 is 1.05 bits per heavy atom. The first-order valence-corrected chi connectivity index (χ1v) is 7.30. The summed E-state index contributed by atoms with van der Waals surface area (Å²) in [6.07, 6.45) is 1.24. The summed E-state index contributed by atoms with van der Waals surface area (Å²) in [4.78, 5) is 11.5. The van der Waals surface area contributed by atoms with E-state index in [4.69, 9.17) is 0 Å². The minimum absolute atomic E-state index is 0.172. The van der Waals surface area contributed by atoms with E-state index >= 15 is 0 Å². The van der Waals surface area contributed by atoms with E-state index in [0.29, 0.717) is 12.8 Å². The molecular formula is C19H19O2-. The van der Waals surface area contributed by atoms with Crippen molar-refractivity contribution in [2.24, 2.45) is 10.8 Å². The van der Waals surface area contributed by atoms with Crippen molar-refractivity contribution in [2.75, 3.05) is 0 Å². The predicted molar refractivity (Wildman–Crippen MR) is 81.4 cm³/mol. The maximum Gasteiger partial charge on any atom is 0.0485 e. The fraction of sp³-hybridized carbons (Fsp3) is 0.316. The molecule has 1 saturated carbocycles. The van der Waals surface area contributed by atoms with Crippen LogP contribution in [0.4, 0.5) is 0 Å². The van der Waals surface area contributed by atoms with Gasteiger partial charge in [0, 0.05) is 11.4 Å². The average molecular weight is 279 g/mol. The fourth-order valence-electron chi connectivity index (χ4n) is 3.27. The van der Waals surface area contributed by atoms with Crippen LogP contribution in [0.1, 0.15) is 25.8 Å². The molecular weight excluding hydrogens is 260 g/mol. The van der Waals surface area contributed by atoms with Gasteiger partial charge in [0.25, 0.3) is 0 Å². The Hall–Kier alpha value is -2.09. The number of carbonyl (C=O) groups is 1. The van der Waals surface area contributed by atoms with Crippen molar-refractivity contribution in [1.29, 1.82) is 0 Å². The Bertz CT molecular complexity index is 673. The third-order valence-corrected chi connectivity index (χ3v) is 4.84. The van der Waals surface area contributed by atoms with Crippen LogP contribution in [0.15, 0.2) is 54.6 Å². The van der Waals surface area contributed by atoms with E-state index in [0.717, 1.165) is 16.7 Å². The van der Waals surface area contributed by atoms with Crippen molar-refractivity contribution in [3.63, 3.8) is 0 Å². The van der Waals surface area contributed by atoms with Crippen molar-refractivity contribution in [1.82, 2.24) is 0 Å². The standard InChI is InChI=1S/C19H20O2/c1-18(2)13-19(18,17(20)21)12-14-7-6-10-16(11-14)15-8-4-3-5-9-15/h3-11H,12-13H2,1-2H3,(H,20,21)/p-1. The van der Waals surface area contributed by atoms with Crippen LogP contribution in [0.5, 0.6) is 0 Å². The van der Waals surface area contributed by atoms with Crippen LogP contribution in [0, 0.1) is 10.8 Å². The lowest BCUT2D eigenvalue weighted by atomic mass is 9.88. The molecule has 1 unspecified atom stereocenters. The van der Waals surface area contributed by atoms with Crippen LogP contribution in [0.3, 0.4) is 0 Å². The number of rotatable bonds is 4. The summed E-state index contributed by atoms with van der Waals surface area (Å²) in [5, 5.41) is 11.5. The van der Waals surface area contributed by atoms with Crippen LogP contribution < -0.4 is 5.11 Å². The summed E-state index contributed by atoms with van der Waals surface area (Å²) < 4.78 is 0. The number of hydrogen-bond donors (Lipinski definition) is 0. The van der Waals surface area contributed by atoms with Crippen LogP contribution in [0.25, 0.3) is 11.1 Å². The molecule has 0 radical (unpaired) electrons. The third kappa shape index (κ3) is 2.35. The monoisotopic (exact) mass is 279 g/mol. The van der Waals surface area contributed by atoms with Crippen molar-refractivity contribution in [3.05, 3.63) is 60.2 Å². The highest BCUT2D eigenvalue weighted by atomic mass is 16.4. The Balaban J connectivity index is 1.90. The van der Waals surface area contributed by atoms with Crippen LogP contribution in [0.2, 0.25) is 0 Å². The van der Waals surface area contributed by atoms with E-state index in [9.17, 15) is 9.90 Å². The molecule has 2 heteroatoms. The Morgan fingerprint density at radius 2 is 1.67 bits per heavy atom. The molecule has 3 rings (SSSR count). The van der Waals surface area contributed by atoms with Gasteiger partial charge in [-0.25, -0.2) is 0 Å². The van der Waals surface area contributed by atoms with Crippen molar-refractivity contribution >= 4 is 5.97 Å². The Kier molecular flexibility index (Phi) is 3.12. The first-order valence-electron chi connectivity index (χ1n) is 7.30. The van der Waals surface area contributed by atoms with E-state index in [2.05, 4.69) is 24.3 Å². The summed E-state index contributed by atoms with van der Waals surface area (Å²) in [7, 11) is 0. The molecule has 1 atom stereocenters. The molecule has 2 aromatic rings. The zero-order valence-electron chi connectivity index (χ0n) is 12.4. The van der Waals surface area contributed by atoms with Gasteiger partial charge in [-0.3, -0.25) is 0 Å². The first kappa shape index (κ1) is 13.9. The van der Waals surface area contributed by atoms with Crippen molar-refractivity contribution < 1.29 is 9.90 Å². The van der Waals surface area contributed by atoms with E-state index in [1.165, 1.54) is 0 Å². The Labute approximate surface area is 125 Å². The van der Waals surface area contributed by atoms with Gasteiger partial charge in [0.15, 0.2) is 0 Å². The highest BCUT2D eigenvalue weighted by molar-refractivity contribution is 5.78. The fourth-order valence-corrected chi connectivity index (χ4v) is 3.27. The molecule has 0 aromatic heterocycles. The highest BCUT2D eigenvalue weighted by Gasteiger charge is 2.61. The third-order valence-electron chi connectivity index (χ3n) is 4.84. The normalized spacial score (nSPS) is 22.8. The van der Waals surface area contributed by atoms with Crippen LogP contribution in [-0.4, -0.2) is 5.97 Å². The van der Waals surface area contributed by atoms with Gasteiger partial charge in [0.1, 0.15) is 0 Å². The molecule has 108 valence electrons. The summed E-state index contributed by atoms with van der Waals surface area (Å²) in [6.45, 7) is 4.01. The number of carboxylic acids is 1. The smallest absolute Gasteiger partial charge is 0.0485 e. The maximum atomic E-state index is 11.5. The minimum atomic E-state index is -0.919. The second-order valence-electron chi connectivity index (χ2n) is 6.67. The zero-order valence-corrected chi connectivity index (χ0v) is 12.4. The SMILES string of the molecule is CC1(C)CC1(Cc1cccc(-c2ccccc2)c1)C(=O)[O-]. The van der Waals surface area contributed by atoms with Gasteiger partial charge in [-0.05, 0) is 34.9 Å². The summed E-state index contributed by atoms with van der Waals surface area (Å²) in [6, 6.07) is 18.3. The number of carbonyl (C=O) groups excluding carboxylic acids is 1. The first-order chi connectivity index (χ1) is 9.95. The largest absolute Gasteiger partial charge is 0.550 e. The highest BCUT2D eigenvalue weighted by Crippen LogP contribution is 2.64. The van der Waals surface area contributed by atoms with Gasteiger partial charge in [-0.15, -0.1) is 0 Å². The van der Waals surface area contributed by atoms with Gasteiger partial charge >= 0.3 is 0 Å². The van der Waals surface area contributed by atoms with E-state index in [1.54, 1.807) is 0 Å². The van der Waals surface area contributed by atoms with Gasteiger partial charge in [0.2, 0.25) is 0 Å². The molecule has 21 heavy (non-hydrogen) atoms. The van der Waals surface area contributed by atoms with E-state index < -0.39 is 11.4 Å². The lowest BCUT2D eigenvalue weighted by Crippen LogP contribution is -2.37. The molecule has 0 amide bonds. The zero-order chi connectivity index (χ0) is 15.1. The van der Waals surface area contributed by atoms with Crippen LogP contribution >= 0.6 is 0 Å². The average Bonchev–Trinajstić information content (AvgIpc) is 3.03. The maximum absolute atomic E-state index is 11.5. The molecule has 0 N–H and O–H groups in total. The Morgan fingerprint density at radius 3 is 2.24 bits per heavy atom. The second kappa shape index (κ2) is 4.73. The topological polar surface area (TPSA) is 40.1 Å². The molecule has 2 aromatic carbocycles. The van der Waals surface area contributed by atoms with Gasteiger partial charge in [-0.2, -0.15) is 0 Å². The van der Waals surface area contributed by atoms with Gasteiger partial charge in [0.05, 0.1) is 0 Å². The molecule has 0 heterocycles. The molecule has 1 aliphatic carbocycles. The number of aliphatic carboxylic acids is 1. The predicted octanol–water partition coefficient (Wildman–Crippen LogP) is 3.06. The molecule has 0 saturated heterocycles. The number of benzene rings is 2. The van der Waals surface area contributed by atoms with Gasteiger partial charge < -0.3 is 9.90 Å². The number of carboxylic acid groups (broad SMARTS) is 1. The molecule has 2 nitrogen and oxygen atoms in total. The molecule has 0 aliphatic heterocycles. The summed E-state index contributed by atoms with van der Waals surface area (Å²) in [5.41, 5.74) is 2.46. The van der Waals surface area contributed by atoms with E-state index in [1.807, 2.05) is 44.2 Å². The quantitative estimate of drug-likeness (QED) is 0.863. The van der Waals surface area contributed by atoms with Gasteiger partial charge in [-0.1, -0.05) is 68.4 Å². The summed E-state index contributed by atoms with van der Waals surface area (Å²) in [5.74, 6) is -0.919. The van der Waals surface area contributed by atoms with Crippen LogP contribution in [-0.2, 0) is 11.2 Å². The number of hydrogen-bond acceptors (Lipinski definition) is 2. The van der Waals surface area contributed by atoms with Crippen molar-refractivity contribution in [2.45, 2.75) is 26.7 Å². The lowest BCUT2D eigenvalue weighted by molar-refractivity contribution is -0.315. The van der Waals surface area contributed by atoms with Crippen molar-refractivity contribution in [3.8, 4) is 11.1 Å². The summed E-state index contributed by atoms with van der Waals surface area (Å²) >= 11 is 0. The molecule has 0 bridgehead atoms.